The van der Waals surface area contributed by atoms with Gasteiger partial charge in [-0.15, -0.1) is 10.2 Å². The van der Waals surface area contributed by atoms with Gasteiger partial charge < -0.3 is 9.88 Å². The van der Waals surface area contributed by atoms with Gasteiger partial charge in [0.25, 0.3) is 0 Å². The Morgan fingerprint density at radius 2 is 2.33 bits per heavy atom. The molecule has 0 radical (unpaired) electrons. The minimum absolute atomic E-state index is 0.551. The van der Waals surface area contributed by atoms with Crippen LogP contribution in [0.5, 0.6) is 0 Å². The molecular formula is C13H22N4S. The smallest absolute Gasteiger partial charge is 0.191 e. The van der Waals surface area contributed by atoms with Crippen LogP contribution in [0.15, 0.2) is 11.5 Å². The van der Waals surface area contributed by atoms with Crippen LogP contribution in [0.25, 0.3) is 0 Å². The molecule has 0 spiro atoms. The van der Waals surface area contributed by atoms with Gasteiger partial charge >= 0.3 is 0 Å². The third-order valence-corrected chi connectivity index (χ3v) is 5.39. The zero-order valence-corrected chi connectivity index (χ0v) is 11.8. The van der Waals surface area contributed by atoms with Gasteiger partial charge in [0.1, 0.15) is 6.33 Å². The first-order chi connectivity index (χ1) is 8.83. The molecule has 1 saturated heterocycles. The van der Waals surface area contributed by atoms with Gasteiger partial charge in [0, 0.05) is 17.8 Å². The SMILES string of the molecule is CC1CCC(Sc2nncn2C2CCCNC2)C1. The molecule has 1 aliphatic carbocycles. The van der Waals surface area contributed by atoms with Gasteiger partial charge in [-0.2, -0.15) is 0 Å². The Bertz CT molecular complexity index is 386. The molecule has 3 rings (SSSR count). The molecule has 2 aliphatic rings. The number of nitrogens with zero attached hydrogens (tertiary/aromatic N) is 3. The van der Waals surface area contributed by atoms with E-state index in [0.717, 1.165) is 29.4 Å². The fraction of sp³-hybridized carbons (Fsp3) is 0.846. The van der Waals surface area contributed by atoms with Gasteiger partial charge in [0.05, 0.1) is 0 Å². The summed E-state index contributed by atoms with van der Waals surface area (Å²) in [6, 6.07) is 0.551. The maximum absolute atomic E-state index is 4.33. The van der Waals surface area contributed by atoms with Gasteiger partial charge in [0.2, 0.25) is 0 Å². The van der Waals surface area contributed by atoms with Crippen molar-refractivity contribution in [3.8, 4) is 0 Å². The Hall–Kier alpha value is -0.550. The Morgan fingerprint density at radius 3 is 3.06 bits per heavy atom. The van der Waals surface area contributed by atoms with Crippen LogP contribution in [0.2, 0.25) is 0 Å². The number of rotatable bonds is 3. The van der Waals surface area contributed by atoms with Crippen LogP contribution < -0.4 is 5.32 Å². The minimum atomic E-state index is 0.551. The van der Waals surface area contributed by atoms with Gasteiger partial charge in [-0.3, -0.25) is 0 Å². The van der Waals surface area contributed by atoms with Gasteiger partial charge in [0.15, 0.2) is 5.16 Å². The van der Waals surface area contributed by atoms with Crippen molar-refractivity contribution in [3.63, 3.8) is 0 Å². The monoisotopic (exact) mass is 266 g/mol. The lowest BCUT2D eigenvalue weighted by atomic mass is 10.1. The summed E-state index contributed by atoms with van der Waals surface area (Å²) >= 11 is 1.94. The van der Waals surface area contributed by atoms with Crippen molar-refractivity contribution in [2.75, 3.05) is 13.1 Å². The highest BCUT2D eigenvalue weighted by Crippen LogP contribution is 2.37. The first kappa shape index (κ1) is 12.5. The van der Waals surface area contributed by atoms with Crippen LogP contribution in [-0.4, -0.2) is 33.1 Å². The molecule has 3 atom stereocenters. The van der Waals surface area contributed by atoms with Crippen molar-refractivity contribution < 1.29 is 0 Å². The van der Waals surface area contributed by atoms with Crippen molar-refractivity contribution in [3.05, 3.63) is 6.33 Å². The third-order valence-electron chi connectivity index (χ3n) is 4.12. The van der Waals surface area contributed by atoms with E-state index in [1.807, 2.05) is 18.1 Å². The number of nitrogens with one attached hydrogen (secondary N) is 1. The second kappa shape index (κ2) is 5.61. The molecule has 5 heteroatoms. The molecular weight excluding hydrogens is 244 g/mol. The molecule has 4 nitrogen and oxygen atoms in total. The van der Waals surface area contributed by atoms with Gasteiger partial charge in [-0.05, 0) is 44.6 Å². The van der Waals surface area contributed by atoms with E-state index < -0.39 is 0 Å². The van der Waals surface area contributed by atoms with E-state index in [1.165, 1.54) is 32.1 Å². The average molecular weight is 266 g/mol. The predicted molar refractivity (Wildman–Crippen MR) is 73.8 cm³/mol. The molecule has 18 heavy (non-hydrogen) atoms. The van der Waals surface area contributed by atoms with Crippen molar-refractivity contribution in [1.82, 2.24) is 20.1 Å². The van der Waals surface area contributed by atoms with Crippen LogP contribution in [0.3, 0.4) is 0 Å². The minimum Gasteiger partial charge on any atom is -0.315 e. The van der Waals surface area contributed by atoms with Crippen LogP contribution in [0.4, 0.5) is 0 Å². The fourth-order valence-electron chi connectivity index (χ4n) is 3.05. The third kappa shape index (κ3) is 2.72. The molecule has 0 bridgehead atoms. The van der Waals surface area contributed by atoms with E-state index in [1.54, 1.807) is 0 Å². The molecule has 1 aromatic rings. The lowest BCUT2D eigenvalue weighted by Crippen LogP contribution is -2.31. The zero-order valence-electron chi connectivity index (χ0n) is 11.0. The number of piperidine rings is 1. The first-order valence-electron chi connectivity index (χ1n) is 7.10. The Morgan fingerprint density at radius 1 is 1.39 bits per heavy atom. The highest BCUT2D eigenvalue weighted by molar-refractivity contribution is 7.99. The Labute approximate surface area is 113 Å². The molecule has 1 N–H and O–H groups in total. The zero-order chi connectivity index (χ0) is 12.4. The fourth-order valence-corrected chi connectivity index (χ4v) is 4.44. The number of hydrogen-bond acceptors (Lipinski definition) is 4. The molecule has 1 aromatic heterocycles. The number of hydrogen-bond donors (Lipinski definition) is 1. The van der Waals surface area contributed by atoms with Gasteiger partial charge in [-0.1, -0.05) is 18.7 Å². The number of thioether (sulfide) groups is 1. The normalized spacial score (nSPS) is 32.8. The molecule has 2 fully saturated rings. The van der Waals surface area contributed by atoms with E-state index in [4.69, 9.17) is 0 Å². The molecule has 3 unspecified atom stereocenters. The molecule has 1 aliphatic heterocycles. The quantitative estimate of drug-likeness (QED) is 0.913. The molecule has 0 amide bonds. The lowest BCUT2D eigenvalue weighted by Gasteiger charge is -2.25. The maximum Gasteiger partial charge on any atom is 0.191 e. The standard InChI is InChI=1S/C13H22N4S/c1-10-4-5-12(7-10)18-13-16-15-9-17(13)11-3-2-6-14-8-11/h9-12,14H,2-8H2,1H3. The lowest BCUT2D eigenvalue weighted by molar-refractivity contribution is 0.354. The summed E-state index contributed by atoms with van der Waals surface area (Å²) < 4.78 is 2.29. The van der Waals surface area contributed by atoms with E-state index in [-0.39, 0.29) is 0 Å². The summed E-state index contributed by atoms with van der Waals surface area (Å²) in [5.41, 5.74) is 0. The van der Waals surface area contributed by atoms with E-state index >= 15 is 0 Å². The van der Waals surface area contributed by atoms with E-state index in [9.17, 15) is 0 Å². The van der Waals surface area contributed by atoms with Gasteiger partial charge in [-0.25, -0.2) is 0 Å². The van der Waals surface area contributed by atoms with Crippen molar-refractivity contribution in [2.45, 2.75) is 55.5 Å². The first-order valence-corrected chi connectivity index (χ1v) is 7.98. The molecule has 0 aromatic carbocycles. The summed E-state index contributed by atoms with van der Waals surface area (Å²) in [5.74, 6) is 0.884. The summed E-state index contributed by atoms with van der Waals surface area (Å²) in [6.45, 7) is 4.57. The molecule has 100 valence electrons. The molecule has 1 saturated carbocycles. The second-order valence-corrected chi connectivity index (χ2v) is 6.95. The van der Waals surface area contributed by atoms with Crippen LogP contribution >= 0.6 is 11.8 Å². The highest BCUT2D eigenvalue weighted by Gasteiger charge is 2.25. The topological polar surface area (TPSA) is 42.7 Å². The van der Waals surface area contributed by atoms with Crippen LogP contribution in [0, 0.1) is 5.92 Å². The van der Waals surface area contributed by atoms with Crippen molar-refractivity contribution in [2.24, 2.45) is 5.92 Å². The number of aromatic nitrogens is 3. The van der Waals surface area contributed by atoms with Crippen molar-refractivity contribution >= 4 is 11.8 Å². The second-order valence-electron chi connectivity index (χ2n) is 5.68. The van der Waals surface area contributed by atoms with Crippen LogP contribution in [-0.2, 0) is 0 Å². The highest BCUT2D eigenvalue weighted by atomic mass is 32.2. The Balaban J connectivity index is 1.67. The maximum atomic E-state index is 4.33. The summed E-state index contributed by atoms with van der Waals surface area (Å²) in [6.07, 6.45) is 8.46. The average Bonchev–Trinajstić information content (AvgIpc) is 3.00. The summed E-state index contributed by atoms with van der Waals surface area (Å²) in [7, 11) is 0. The van der Waals surface area contributed by atoms with E-state index in [0.29, 0.717) is 6.04 Å². The van der Waals surface area contributed by atoms with E-state index in [2.05, 4.69) is 27.0 Å². The largest absolute Gasteiger partial charge is 0.315 e. The van der Waals surface area contributed by atoms with Crippen LogP contribution in [0.1, 0.15) is 45.1 Å². The van der Waals surface area contributed by atoms with Crippen molar-refractivity contribution in [1.29, 1.82) is 0 Å². The summed E-state index contributed by atoms with van der Waals surface area (Å²) in [5, 5.41) is 13.8. The molecule has 2 heterocycles. The summed E-state index contributed by atoms with van der Waals surface area (Å²) in [4.78, 5) is 0. The predicted octanol–water partition coefficient (Wildman–Crippen LogP) is 2.48. The Kier molecular flexibility index (Phi) is 3.89.